The van der Waals surface area contributed by atoms with Gasteiger partial charge in [0.15, 0.2) is 0 Å². The van der Waals surface area contributed by atoms with Crippen LogP contribution in [0.3, 0.4) is 0 Å². The highest BCUT2D eigenvalue weighted by Gasteiger charge is 2.43. The predicted molar refractivity (Wildman–Crippen MR) is 105 cm³/mol. The average Bonchev–Trinajstić information content (AvgIpc) is 3.35. The second kappa shape index (κ2) is 9.01. The number of halogens is 1. The number of hydrogen-bond donors (Lipinski definition) is 3. The number of rotatable bonds is 7. The first-order chi connectivity index (χ1) is 12.6. The van der Waals surface area contributed by atoms with Crippen LogP contribution < -0.4 is 16.0 Å². The predicted octanol–water partition coefficient (Wildman–Crippen LogP) is 1.49. The smallest absolute Gasteiger partial charge is 0.233 e. The van der Waals surface area contributed by atoms with Crippen molar-refractivity contribution in [1.82, 2.24) is 24.9 Å². The molecule has 10 heteroatoms. The zero-order valence-electron chi connectivity index (χ0n) is 15.6. The van der Waals surface area contributed by atoms with E-state index < -0.39 is 5.41 Å². The molecule has 1 aliphatic rings. The highest BCUT2D eigenvalue weighted by molar-refractivity contribution is 6.00. The van der Waals surface area contributed by atoms with Crippen LogP contribution >= 0.6 is 12.4 Å². The Balaban J connectivity index is 0.00000261. The monoisotopic (exact) mass is 395 g/mol. The first kappa shape index (κ1) is 20.9. The van der Waals surface area contributed by atoms with E-state index in [-0.39, 0.29) is 30.6 Å². The zero-order chi connectivity index (χ0) is 18.6. The van der Waals surface area contributed by atoms with E-state index in [9.17, 15) is 9.59 Å². The van der Waals surface area contributed by atoms with Gasteiger partial charge in [-0.1, -0.05) is 0 Å². The summed E-state index contributed by atoms with van der Waals surface area (Å²) in [6.07, 6.45) is 4.02. The number of nitrogens with zero attached hydrogens (tertiary/aromatic N) is 4. The minimum absolute atomic E-state index is 0. The lowest BCUT2D eigenvalue weighted by atomic mass is 9.82. The van der Waals surface area contributed by atoms with Gasteiger partial charge >= 0.3 is 0 Å². The van der Waals surface area contributed by atoms with Gasteiger partial charge in [-0.2, -0.15) is 10.2 Å². The molecule has 148 valence electrons. The van der Waals surface area contributed by atoms with Gasteiger partial charge in [-0.15, -0.1) is 12.4 Å². The van der Waals surface area contributed by atoms with Crippen molar-refractivity contribution < 1.29 is 9.59 Å². The van der Waals surface area contributed by atoms with E-state index in [1.165, 1.54) is 0 Å². The van der Waals surface area contributed by atoms with Crippen LogP contribution in [0, 0.1) is 5.41 Å². The molecule has 2 aromatic heterocycles. The molecule has 0 aliphatic carbocycles. The van der Waals surface area contributed by atoms with Crippen LogP contribution in [0.4, 0.5) is 11.6 Å². The zero-order valence-corrected chi connectivity index (χ0v) is 16.4. The maximum Gasteiger partial charge on any atom is 0.233 e. The molecule has 0 bridgehead atoms. The fourth-order valence-corrected chi connectivity index (χ4v) is 3.29. The standard InChI is InChI=1S/C17H25N7O2.ClH/c1-3-23-13(5-8-19-23)21-15(25)11-17(7-10-18-12-17)16(26)22-14-6-9-20-24(14)4-2;/h5-6,8-9,18H,3-4,7,10-12H2,1-2H3,(H,21,25)(H,22,26);1H. The topological polar surface area (TPSA) is 106 Å². The number of anilines is 2. The second-order valence-electron chi connectivity index (χ2n) is 6.45. The third-order valence-corrected chi connectivity index (χ3v) is 4.77. The van der Waals surface area contributed by atoms with Gasteiger partial charge in [0.2, 0.25) is 11.8 Å². The van der Waals surface area contributed by atoms with Gasteiger partial charge in [0.05, 0.1) is 17.8 Å². The average molecular weight is 396 g/mol. The highest BCUT2D eigenvalue weighted by Crippen LogP contribution is 2.32. The van der Waals surface area contributed by atoms with E-state index in [2.05, 4.69) is 26.1 Å². The second-order valence-corrected chi connectivity index (χ2v) is 6.45. The van der Waals surface area contributed by atoms with Crippen molar-refractivity contribution in [3.05, 3.63) is 24.5 Å². The normalized spacial score (nSPS) is 18.7. The van der Waals surface area contributed by atoms with Gasteiger partial charge in [0.25, 0.3) is 0 Å². The fourth-order valence-electron chi connectivity index (χ4n) is 3.29. The Hall–Kier alpha value is -2.39. The molecule has 3 heterocycles. The largest absolute Gasteiger partial charge is 0.316 e. The molecule has 2 aromatic rings. The molecule has 0 aromatic carbocycles. The van der Waals surface area contributed by atoms with Crippen molar-refractivity contribution in [2.24, 2.45) is 5.41 Å². The first-order valence-corrected chi connectivity index (χ1v) is 8.93. The number of amides is 2. The van der Waals surface area contributed by atoms with Crippen LogP contribution in [0.25, 0.3) is 0 Å². The van der Waals surface area contributed by atoms with Gasteiger partial charge in [-0.3, -0.25) is 9.59 Å². The van der Waals surface area contributed by atoms with Crippen molar-refractivity contribution >= 4 is 35.9 Å². The molecular formula is C17H26ClN7O2. The molecule has 0 spiro atoms. The first-order valence-electron chi connectivity index (χ1n) is 8.93. The number of carbonyl (C=O) groups is 2. The summed E-state index contributed by atoms with van der Waals surface area (Å²) in [4.78, 5) is 25.6. The molecule has 1 aliphatic heterocycles. The molecule has 1 unspecified atom stereocenters. The van der Waals surface area contributed by atoms with Crippen molar-refractivity contribution in [1.29, 1.82) is 0 Å². The van der Waals surface area contributed by atoms with Crippen LogP contribution in [-0.2, 0) is 22.7 Å². The Morgan fingerprint density at radius 1 is 1.11 bits per heavy atom. The maximum atomic E-state index is 13.0. The number of aryl methyl sites for hydroxylation is 2. The van der Waals surface area contributed by atoms with Gasteiger partial charge in [0.1, 0.15) is 11.6 Å². The van der Waals surface area contributed by atoms with Crippen LogP contribution in [0.15, 0.2) is 24.5 Å². The number of nitrogens with one attached hydrogen (secondary N) is 3. The summed E-state index contributed by atoms with van der Waals surface area (Å²) in [5.74, 6) is 0.941. The molecule has 27 heavy (non-hydrogen) atoms. The minimum atomic E-state index is -0.774. The third kappa shape index (κ3) is 4.48. The Kier molecular flexibility index (Phi) is 6.98. The van der Waals surface area contributed by atoms with E-state index >= 15 is 0 Å². The molecule has 0 saturated carbocycles. The van der Waals surface area contributed by atoms with E-state index in [0.29, 0.717) is 44.2 Å². The highest BCUT2D eigenvalue weighted by atomic mass is 35.5. The Morgan fingerprint density at radius 3 is 2.22 bits per heavy atom. The lowest BCUT2D eigenvalue weighted by Gasteiger charge is -2.26. The summed E-state index contributed by atoms with van der Waals surface area (Å²) in [7, 11) is 0. The number of hydrogen-bond acceptors (Lipinski definition) is 5. The van der Waals surface area contributed by atoms with E-state index in [1.807, 2.05) is 13.8 Å². The maximum absolute atomic E-state index is 13.0. The molecule has 1 saturated heterocycles. The van der Waals surface area contributed by atoms with E-state index in [4.69, 9.17) is 0 Å². The summed E-state index contributed by atoms with van der Waals surface area (Å²) in [5, 5.41) is 17.3. The molecule has 0 radical (unpaired) electrons. The number of carbonyl (C=O) groups excluding carboxylic acids is 2. The molecule has 3 N–H and O–H groups in total. The van der Waals surface area contributed by atoms with Crippen LogP contribution in [0.5, 0.6) is 0 Å². The van der Waals surface area contributed by atoms with Crippen molar-refractivity contribution in [2.75, 3.05) is 23.7 Å². The van der Waals surface area contributed by atoms with E-state index in [1.54, 1.807) is 33.9 Å². The molecule has 1 atom stereocenters. The SMILES string of the molecule is CCn1nccc1NC(=O)CC1(C(=O)Nc2ccnn2CC)CCNC1.Cl. The summed E-state index contributed by atoms with van der Waals surface area (Å²) >= 11 is 0. The minimum Gasteiger partial charge on any atom is -0.316 e. The summed E-state index contributed by atoms with van der Waals surface area (Å²) in [6, 6.07) is 3.51. The van der Waals surface area contributed by atoms with E-state index in [0.717, 1.165) is 0 Å². The molecular weight excluding hydrogens is 370 g/mol. The van der Waals surface area contributed by atoms with Gasteiger partial charge in [0, 0.05) is 38.2 Å². The Morgan fingerprint density at radius 2 is 1.70 bits per heavy atom. The summed E-state index contributed by atoms with van der Waals surface area (Å²) < 4.78 is 3.42. The molecule has 9 nitrogen and oxygen atoms in total. The quantitative estimate of drug-likeness (QED) is 0.658. The lowest BCUT2D eigenvalue weighted by molar-refractivity contribution is -0.129. The third-order valence-electron chi connectivity index (χ3n) is 4.77. The van der Waals surface area contributed by atoms with Crippen LogP contribution in [0.2, 0.25) is 0 Å². The Labute approximate surface area is 164 Å². The number of aromatic nitrogens is 4. The van der Waals surface area contributed by atoms with Crippen molar-refractivity contribution in [3.63, 3.8) is 0 Å². The molecule has 1 fully saturated rings. The molecule has 3 rings (SSSR count). The van der Waals surface area contributed by atoms with Crippen molar-refractivity contribution in [2.45, 2.75) is 39.8 Å². The van der Waals surface area contributed by atoms with Crippen molar-refractivity contribution in [3.8, 4) is 0 Å². The Bertz CT molecular complexity index is 780. The summed E-state index contributed by atoms with van der Waals surface area (Å²) in [5.41, 5.74) is -0.774. The fraction of sp³-hybridized carbons (Fsp3) is 0.529. The van der Waals surface area contributed by atoms with Gasteiger partial charge in [-0.25, -0.2) is 9.36 Å². The van der Waals surface area contributed by atoms with Crippen LogP contribution in [0.1, 0.15) is 26.7 Å². The van der Waals surface area contributed by atoms with Gasteiger partial charge in [-0.05, 0) is 26.8 Å². The van der Waals surface area contributed by atoms with Crippen LogP contribution in [-0.4, -0.2) is 44.5 Å². The van der Waals surface area contributed by atoms with Gasteiger partial charge < -0.3 is 16.0 Å². The lowest BCUT2D eigenvalue weighted by Crippen LogP contribution is -2.41. The molecule has 2 amide bonds. The summed E-state index contributed by atoms with van der Waals surface area (Å²) in [6.45, 7) is 6.42.